The Morgan fingerprint density at radius 2 is 1.81 bits per heavy atom. The van der Waals surface area contributed by atoms with Gasteiger partial charge >= 0.3 is 5.97 Å². The van der Waals surface area contributed by atoms with Gasteiger partial charge in [-0.25, -0.2) is 0 Å². The van der Waals surface area contributed by atoms with Crippen LogP contribution in [0.2, 0.25) is 0 Å². The molecule has 1 spiro atoms. The Bertz CT molecular complexity index is 1220. The van der Waals surface area contributed by atoms with Gasteiger partial charge in [-0.3, -0.25) is 19.2 Å². The second kappa shape index (κ2) is 13.2. The molecule has 10 heteroatoms. The van der Waals surface area contributed by atoms with Crippen LogP contribution in [0.4, 0.5) is 0 Å². The molecule has 10 nitrogen and oxygen atoms in total. The van der Waals surface area contributed by atoms with E-state index in [0.717, 1.165) is 18.4 Å². The van der Waals surface area contributed by atoms with Crippen molar-refractivity contribution in [3.05, 3.63) is 60.2 Å². The molecule has 3 amide bonds. The normalized spacial score (nSPS) is 32.2. The molecule has 0 radical (unpaired) electrons. The number of hydrogen-bond donors (Lipinski definition) is 2. The van der Waals surface area contributed by atoms with E-state index in [0.29, 0.717) is 38.9 Å². The van der Waals surface area contributed by atoms with Gasteiger partial charge in [0.05, 0.1) is 18.6 Å². The Kier molecular flexibility index (Phi) is 9.43. The van der Waals surface area contributed by atoms with Gasteiger partial charge in [-0.15, -0.1) is 0 Å². The van der Waals surface area contributed by atoms with Crippen molar-refractivity contribution in [1.82, 2.24) is 15.1 Å². The molecule has 6 atom stereocenters. The number of ether oxygens (including phenoxy) is 2. The number of nitrogens with zero attached hydrogens (tertiary/aromatic N) is 2. The number of likely N-dealkylation sites (tertiary alicyclic amines) is 1. The first-order valence-electron chi connectivity index (χ1n) is 15.1. The number of nitrogens with one attached hydrogen (secondary N) is 1. The molecule has 0 saturated carbocycles. The van der Waals surface area contributed by atoms with Crippen LogP contribution >= 0.6 is 0 Å². The van der Waals surface area contributed by atoms with Crippen molar-refractivity contribution in [2.45, 2.75) is 75.8 Å². The molecule has 1 aromatic rings. The third-order valence-electron chi connectivity index (χ3n) is 8.65. The maximum absolute atomic E-state index is 14.6. The molecule has 4 aliphatic rings. The van der Waals surface area contributed by atoms with Crippen LogP contribution in [0.1, 0.15) is 51.0 Å². The summed E-state index contributed by atoms with van der Waals surface area (Å²) in [6.07, 6.45) is 9.84. The van der Waals surface area contributed by atoms with Crippen LogP contribution in [0, 0.1) is 11.8 Å². The van der Waals surface area contributed by atoms with Crippen molar-refractivity contribution in [3.8, 4) is 0 Å². The number of cyclic esters (lactones) is 1. The number of amides is 3. The van der Waals surface area contributed by atoms with E-state index in [1.807, 2.05) is 48.6 Å². The largest absolute Gasteiger partial charge is 0.460 e. The average molecular weight is 580 g/mol. The van der Waals surface area contributed by atoms with E-state index in [-0.39, 0.29) is 37.3 Å². The second-order valence-corrected chi connectivity index (χ2v) is 11.6. The molecular weight excluding hydrogens is 538 g/mol. The lowest BCUT2D eigenvalue weighted by atomic mass is 9.74. The summed E-state index contributed by atoms with van der Waals surface area (Å²) in [5.41, 5.74) is -0.321. The van der Waals surface area contributed by atoms with Crippen molar-refractivity contribution < 1.29 is 33.8 Å². The van der Waals surface area contributed by atoms with Crippen LogP contribution < -0.4 is 5.32 Å². The predicted molar refractivity (Wildman–Crippen MR) is 154 cm³/mol. The monoisotopic (exact) mass is 579 g/mol. The van der Waals surface area contributed by atoms with Gasteiger partial charge in [0, 0.05) is 32.7 Å². The van der Waals surface area contributed by atoms with E-state index >= 15 is 0 Å². The van der Waals surface area contributed by atoms with Crippen molar-refractivity contribution in [1.29, 1.82) is 0 Å². The predicted octanol–water partition coefficient (Wildman–Crippen LogP) is 2.12. The standard InChI is InChI=1S/C32H41N3O7/c1-22-20-33-25(37)14-8-5-9-17-34(21-23-12-6-4-7-13-23)30(39)28-32-16-15-24(42-32)26(31(40)41-22)27(32)29(38)35(28)18-10-2-3-11-19-36/h4-7,9,12-13,15-16,22,24,26-28,36H,2-3,8,10-11,14,17-21H2,1H3,(H,33,37)/b9-5-/t22-,24+,26-,27-,28+,32-/m0/s1. The maximum atomic E-state index is 14.6. The van der Waals surface area contributed by atoms with Crippen LogP contribution in [0.15, 0.2) is 54.6 Å². The summed E-state index contributed by atoms with van der Waals surface area (Å²) in [7, 11) is 0. The summed E-state index contributed by atoms with van der Waals surface area (Å²) >= 11 is 0. The number of carbonyl (C=O) groups excluding carboxylic acids is 4. The molecule has 5 rings (SSSR count). The van der Waals surface area contributed by atoms with Crippen LogP contribution in [0.3, 0.4) is 0 Å². The summed E-state index contributed by atoms with van der Waals surface area (Å²) in [4.78, 5) is 57.9. The summed E-state index contributed by atoms with van der Waals surface area (Å²) < 4.78 is 12.2. The van der Waals surface area contributed by atoms with Gasteiger partial charge in [0.25, 0.3) is 0 Å². The third kappa shape index (κ3) is 6.01. The highest BCUT2D eigenvalue weighted by molar-refractivity contribution is 5.99. The molecule has 2 saturated heterocycles. The molecule has 4 heterocycles. The molecule has 5 bridgehead atoms. The summed E-state index contributed by atoms with van der Waals surface area (Å²) in [5.74, 6) is -3.00. The number of esters is 1. The van der Waals surface area contributed by atoms with E-state index in [1.54, 1.807) is 22.8 Å². The molecular formula is C32H41N3O7. The fourth-order valence-electron chi connectivity index (χ4n) is 6.61. The summed E-state index contributed by atoms with van der Waals surface area (Å²) in [6.45, 7) is 2.95. The van der Waals surface area contributed by atoms with E-state index in [1.165, 1.54) is 0 Å². The zero-order valence-electron chi connectivity index (χ0n) is 24.2. The number of aliphatic hydroxyl groups excluding tert-OH is 1. The average Bonchev–Trinajstić information content (AvgIpc) is 3.62. The molecule has 1 aromatic carbocycles. The molecule has 0 unspecified atom stereocenters. The SMILES string of the molecule is C[C@H]1CNC(=O)CC/C=C\CN(Cc2ccccc2)C(=O)[C@H]2N(CCCCCCO)C(=O)[C@@H]3[C@@H](C(=O)O1)[C@H]1C=C[C@]32O1. The smallest absolute Gasteiger partial charge is 0.313 e. The highest BCUT2D eigenvalue weighted by Crippen LogP contribution is 2.55. The van der Waals surface area contributed by atoms with Gasteiger partial charge in [-0.2, -0.15) is 0 Å². The highest BCUT2D eigenvalue weighted by Gasteiger charge is 2.73. The number of aliphatic hydroxyl groups is 1. The first kappa shape index (κ1) is 30.0. The number of rotatable bonds is 8. The van der Waals surface area contributed by atoms with Gasteiger partial charge in [-0.05, 0) is 31.7 Å². The molecule has 42 heavy (non-hydrogen) atoms. The lowest BCUT2D eigenvalue weighted by Crippen LogP contribution is -2.55. The van der Waals surface area contributed by atoms with Crippen molar-refractivity contribution in [2.24, 2.45) is 11.8 Å². The topological polar surface area (TPSA) is 125 Å². The third-order valence-corrected chi connectivity index (χ3v) is 8.65. The lowest BCUT2D eigenvalue weighted by Gasteiger charge is -2.36. The highest BCUT2D eigenvalue weighted by atomic mass is 16.6. The fourth-order valence-corrected chi connectivity index (χ4v) is 6.61. The number of benzene rings is 1. The zero-order valence-corrected chi connectivity index (χ0v) is 24.2. The quantitative estimate of drug-likeness (QED) is 0.275. The number of fused-ring (bicyclic) bond motifs is 2. The number of hydrogen-bond acceptors (Lipinski definition) is 7. The Hall–Kier alpha value is -3.50. The van der Waals surface area contributed by atoms with Gasteiger partial charge < -0.3 is 29.7 Å². The van der Waals surface area contributed by atoms with Crippen molar-refractivity contribution in [2.75, 3.05) is 26.2 Å². The first-order valence-corrected chi connectivity index (χ1v) is 15.1. The van der Waals surface area contributed by atoms with Crippen molar-refractivity contribution >= 4 is 23.7 Å². The molecule has 0 aromatic heterocycles. The van der Waals surface area contributed by atoms with E-state index in [2.05, 4.69) is 5.32 Å². The molecule has 0 aliphatic carbocycles. The molecule has 226 valence electrons. The minimum atomic E-state index is -1.27. The van der Waals surface area contributed by atoms with Crippen LogP contribution in [-0.4, -0.2) is 88.7 Å². The maximum Gasteiger partial charge on any atom is 0.313 e. The summed E-state index contributed by atoms with van der Waals surface area (Å²) in [6, 6.07) is 8.73. The van der Waals surface area contributed by atoms with Crippen LogP contribution in [0.5, 0.6) is 0 Å². The fraction of sp³-hybridized carbons (Fsp3) is 0.562. The van der Waals surface area contributed by atoms with Crippen LogP contribution in [0.25, 0.3) is 0 Å². The first-order chi connectivity index (χ1) is 20.4. The van der Waals surface area contributed by atoms with Gasteiger partial charge in [0.15, 0.2) is 0 Å². The van der Waals surface area contributed by atoms with E-state index < -0.39 is 41.7 Å². The Morgan fingerprint density at radius 3 is 2.60 bits per heavy atom. The Labute approximate surface area is 246 Å². The Balaban J connectivity index is 1.50. The lowest BCUT2D eigenvalue weighted by molar-refractivity contribution is -0.158. The van der Waals surface area contributed by atoms with E-state index in [4.69, 9.17) is 14.6 Å². The molecule has 4 aliphatic heterocycles. The zero-order chi connectivity index (χ0) is 29.7. The Morgan fingerprint density at radius 1 is 1.02 bits per heavy atom. The minimum Gasteiger partial charge on any atom is -0.460 e. The van der Waals surface area contributed by atoms with Crippen LogP contribution in [-0.2, 0) is 35.2 Å². The van der Waals surface area contributed by atoms with E-state index in [9.17, 15) is 19.2 Å². The van der Waals surface area contributed by atoms with Gasteiger partial charge in [0.1, 0.15) is 23.7 Å². The number of allylic oxidation sites excluding steroid dienone is 1. The van der Waals surface area contributed by atoms with Gasteiger partial charge in [-0.1, -0.05) is 67.5 Å². The number of unbranched alkanes of at least 4 members (excludes halogenated alkanes) is 3. The minimum absolute atomic E-state index is 0.114. The summed E-state index contributed by atoms with van der Waals surface area (Å²) in [5, 5.41) is 12.0. The second-order valence-electron chi connectivity index (χ2n) is 11.6. The van der Waals surface area contributed by atoms with Crippen molar-refractivity contribution in [3.63, 3.8) is 0 Å². The molecule has 2 N–H and O–H groups in total. The number of carbonyl (C=O) groups is 4. The van der Waals surface area contributed by atoms with Gasteiger partial charge in [0.2, 0.25) is 17.7 Å². The molecule has 2 fully saturated rings.